The van der Waals surface area contributed by atoms with Gasteiger partial charge >= 0.3 is 5.97 Å². The van der Waals surface area contributed by atoms with Crippen molar-refractivity contribution in [1.29, 1.82) is 0 Å². The van der Waals surface area contributed by atoms with E-state index in [1.54, 1.807) is 4.90 Å². The monoisotopic (exact) mass is 618 g/mol. The van der Waals surface area contributed by atoms with Crippen LogP contribution < -0.4 is 5.32 Å². The van der Waals surface area contributed by atoms with Crippen molar-refractivity contribution >= 4 is 44.1 Å². The Labute approximate surface area is 250 Å². The molecule has 0 spiro atoms. The smallest absolute Gasteiger partial charge is 0.308 e. The zero-order chi connectivity index (χ0) is 30.0. The third-order valence-electron chi connectivity index (χ3n) is 8.30. The Morgan fingerprint density at radius 1 is 1.02 bits per heavy atom. The summed E-state index contributed by atoms with van der Waals surface area (Å²) >= 11 is 1.44. The molecule has 1 aromatic carbocycles. The molecule has 0 atom stereocenters. The summed E-state index contributed by atoms with van der Waals surface area (Å²) in [4.78, 5) is 44.2. The average molecular weight is 619 g/mol. The van der Waals surface area contributed by atoms with E-state index in [2.05, 4.69) is 24.1 Å². The fraction of sp³-hybridized carbons (Fsp3) is 0.552. The lowest BCUT2D eigenvalue weighted by molar-refractivity contribution is -0.146. The number of amides is 2. The Morgan fingerprint density at radius 3 is 2.31 bits per heavy atom. The molecule has 4 heterocycles. The van der Waals surface area contributed by atoms with Crippen molar-refractivity contribution in [3.8, 4) is 0 Å². The number of benzene rings is 1. The van der Waals surface area contributed by atoms with Gasteiger partial charge in [0.15, 0.2) is 0 Å². The van der Waals surface area contributed by atoms with E-state index in [-0.39, 0.29) is 35.8 Å². The van der Waals surface area contributed by atoms with Gasteiger partial charge in [-0.3, -0.25) is 19.3 Å². The van der Waals surface area contributed by atoms with E-state index in [0.29, 0.717) is 61.3 Å². The summed E-state index contributed by atoms with van der Waals surface area (Å²) in [5, 5.41) is 3.49. The summed E-state index contributed by atoms with van der Waals surface area (Å²) in [5.74, 6) is -1.13. The van der Waals surface area contributed by atoms with E-state index in [1.165, 1.54) is 47.0 Å². The van der Waals surface area contributed by atoms with E-state index < -0.39 is 15.9 Å². The molecule has 13 heteroatoms. The Balaban J connectivity index is 1.33. The highest BCUT2D eigenvalue weighted by atomic mass is 32.2. The summed E-state index contributed by atoms with van der Waals surface area (Å²) in [6, 6.07) is 6.19. The lowest BCUT2D eigenvalue weighted by Crippen LogP contribution is -2.41. The zero-order valence-corrected chi connectivity index (χ0v) is 25.9. The van der Waals surface area contributed by atoms with Gasteiger partial charge in [-0.25, -0.2) is 8.42 Å². The van der Waals surface area contributed by atoms with E-state index in [0.717, 1.165) is 30.0 Å². The van der Waals surface area contributed by atoms with Crippen LogP contribution in [0.1, 0.15) is 57.8 Å². The molecule has 0 bridgehead atoms. The number of piperidine rings is 1. The number of esters is 1. The number of hydrogen-bond donors (Lipinski definition) is 1. The minimum absolute atomic E-state index is 0.0825. The highest BCUT2D eigenvalue weighted by Crippen LogP contribution is 2.39. The first-order valence-electron chi connectivity index (χ1n) is 14.3. The van der Waals surface area contributed by atoms with Gasteiger partial charge in [0.2, 0.25) is 10.0 Å². The largest absolute Gasteiger partial charge is 0.469 e. The Hall–Kier alpha value is -2.84. The van der Waals surface area contributed by atoms with Crippen LogP contribution in [0.2, 0.25) is 0 Å². The predicted molar refractivity (Wildman–Crippen MR) is 158 cm³/mol. The van der Waals surface area contributed by atoms with Gasteiger partial charge in [-0.2, -0.15) is 4.31 Å². The molecule has 0 saturated carbocycles. The zero-order valence-electron chi connectivity index (χ0n) is 24.3. The minimum Gasteiger partial charge on any atom is -0.469 e. The molecule has 0 unspecified atom stereocenters. The minimum atomic E-state index is -3.78. The fourth-order valence-electron chi connectivity index (χ4n) is 5.70. The van der Waals surface area contributed by atoms with Crippen LogP contribution in [0.15, 0.2) is 29.2 Å². The highest BCUT2D eigenvalue weighted by molar-refractivity contribution is 7.89. The topological polar surface area (TPSA) is 126 Å². The Kier molecular flexibility index (Phi) is 9.33. The van der Waals surface area contributed by atoms with E-state index in [1.807, 2.05) is 0 Å². The number of morpholine rings is 1. The molecule has 5 rings (SSSR count). The van der Waals surface area contributed by atoms with Gasteiger partial charge < -0.3 is 19.7 Å². The Bertz CT molecular complexity index is 1420. The molecule has 0 radical (unpaired) electrons. The van der Waals surface area contributed by atoms with Gasteiger partial charge in [-0.15, -0.1) is 11.3 Å². The van der Waals surface area contributed by atoms with Crippen LogP contribution in [0.25, 0.3) is 0 Å². The molecule has 3 aliphatic heterocycles. The number of carbonyl (C=O) groups is 3. The number of nitrogens with zero attached hydrogens (tertiary/aromatic N) is 3. The molecular weight excluding hydrogens is 580 g/mol. The molecule has 3 aliphatic rings. The Morgan fingerprint density at radius 2 is 1.69 bits per heavy atom. The third-order valence-corrected chi connectivity index (χ3v) is 11.3. The second kappa shape index (κ2) is 12.8. The van der Waals surface area contributed by atoms with E-state index >= 15 is 0 Å². The first kappa shape index (κ1) is 30.6. The molecular formula is C29H38N4O7S2. The van der Waals surface area contributed by atoms with Gasteiger partial charge in [0, 0.05) is 55.8 Å². The van der Waals surface area contributed by atoms with Gasteiger partial charge in [0.25, 0.3) is 11.8 Å². The standard InChI is InChI=1S/C29H38N4O7S2/c1-19(2)32-11-10-23-24(18-32)41-27(25(23)28(35)31-14-16-40-17-15-31)30-26(34)20-4-6-22(7-5-20)42(37,38)33-12-8-21(9-13-33)29(36)39-3/h4-7,19,21H,8-18H2,1-3H3,(H,30,34). The number of hydrogen-bond acceptors (Lipinski definition) is 9. The van der Waals surface area contributed by atoms with Crippen molar-refractivity contribution in [2.24, 2.45) is 5.92 Å². The number of thiophene rings is 1. The van der Waals surface area contributed by atoms with Crippen molar-refractivity contribution in [1.82, 2.24) is 14.1 Å². The molecule has 42 heavy (non-hydrogen) atoms. The molecule has 11 nitrogen and oxygen atoms in total. The van der Waals surface area contributed by atoms with Crippen LogP contribution in [0, 0.1) is 5.92 Å². The van der Waals surface area contributed by atoms with Crippen LogP contribution in [-0.2, 0) is 37.3 Å². The number of anilines is 1. The van der Waals surface area contributed by atoms with Crippen molar-refractivity contribution < 1.29 is 32.3 Å². The molecule has 1 N–H and O–H groups in total. The highest BCUT2D eigenvalue weighted by Gasteiger charge is 2.34. The van der Waals surface area contributed by atoms with Crippen LogP contribution in [0.3, 0.4) is 0 Å². The number of carbonyl (C=O) groups excluding carboxylic acids is 3. The lowest BCUT2D eigenvalue weighted by Gasteiger charge is -2.31. The molecule has 2 amide bonds. The molecule has 2 saturated heterocycles. The molecule has 2 aromatic rings. The first-order valence-corrected chi connectivity index (χ1v) is 16.6. The maximum atomic E-state index is 13.7. The maximum Gasteiger partial charge on any atom is 0.308 e. The number of methoxy groups -OCH3 is 1. The van der Waals surface area contributed by atoms with Crippen molar-refractivity contribution in [3.05, 3.63) is 45.8 Å². The van der Waals surface area contributed by atoms with E-state index in [4.69, 9.17) is 9.47 Å². The SMILES string of the molecule is COC(=O)C1CCN(S(=O)(=O)c2ccc(C(=O)Nc3sc4c(c3C(=O)N3CCOCC3)CCN(C(C)C)C4)cc2)CC1. The summed E-state index contributed by atoms with van der Waals surface area (Å²) in [6.45, 7) is 8.29. The summed E-state index contributed by atoms with van der Waals surface area (Å²) < 4.78 is 38.0. The van der Waals surface area contributed by atoms with Crippen molar-refractivity contribution in [3.63, 3.8) is 0 Å². The number of ether oxygens (including phenoxy) is 2. The second-order valence-electron chi connectivity index (χ2n) is 11.1. The summed E-state index contributed by atoms with van der Waals surface area (Å²) in [5.41, 5.74) is 1.85. The molecule has 0 aliphatic carbocycles. The average Bonchev–Trinajstić information content (AvgIpc) is 3.37. The van der Waals surface area contributed by atoms with Crippen LogP contribution >= 0.6 is 11.3 Å². The lowest BCUT2D eigenvalue weighted by atomic mass is 9.99. The van der Waals surface area contributed by atoms with Gasteiger partial charge in [-0.05, 0) is 62.9 Å². The van der Waals surface area contributed by atoms with Gasteiger partial charge in [0.1, 0.15) is 5.00 Å². The van der Waals surface area contributed by atoms with Gasteiger partial charge in [-0.1, -0.05) is 0 Å². The maximum absolute atomic E-state index is 13.7. The van der Waals surface area contributed by atoms with Crippen molar-refractivity contribution in [2.45, 2.75) is 50.6 Å². The van der Waals surface area contributed by atoms with Gasteiger partial charge in [0.05, 0.1) is 36.7 Å². The van der Waals surface area contributed by atoms with Crippen LogP contribution in [0.4, 0.5) is 5.00 Å². The van der Waals surface area contributed by atoms with Crippen LogP contribution in [0.5, 0.6) is 0 Å². The molecule has 1 aromatic heterocycles. The molecule has 228 valence electrons. The van der Waals surface area contributed by atoms with Crippen LogP contribution in [-0.4, -0.2) is 99.4 Å². The number of rotatable bonds is 7. The first-order chi connectivity index (χ1) is 20.1. The third kappa shape index (κ3) is 6.25. The predicted octanol–water partition coefficient (Wildman–Crippen LogP) is 2.81. The number of nitrogens with one attached hydrogen (secondary N) is 1. The normalized spacial score (nSPS) is 19.0. The quantitative estimate of drug-likeness (QED) is 0.470. The number of fused-ring (bicyclic) bond motifs is 1. The number of sulfonamides is 1. The van der Waals surface area contributed by atoms with E-state index in [9.17, 15) is 22.8 Å². The van der Waals surface area contributed by atoms with Crippen molar-refractivity contribution in [2.75, 3.05) is 58.4 Å². The molecule has 2 fully saturated rings. The fourth-order valence-corrected chi connectivity index (χ4v) is 8.43. The summed E-state index contributed by atoms with van der Waals surface area (Å²) in [7, 11) is -2.45. The second-order valence-corrected chi connectivity index (χ2v) is 14.1. The summed E-state index contributed by atoms with van der Waals surface area (Å²) in [6.07, 6.45) is 1.53.